The van der Waals surface area contributed by atoms with Crippen molar-refractivity contribution in [3.63, 3.8) is 0 Å². The third kappa shape index (κ3) is 3.82. The number of thioether (sulfide) groups is 1. The Kier molecular flexibility index (Phi) is 5.35. The van der Waals surface area contributed by atoms with E-state index >= 15 is 0 Å². The average molecular weight is 396 g/mol. The minimum atomic E-state index is 0.539. The van der Waals surface area contributed by atoms with E-state index in [0.29, 0.717) is 5.92 Å². The molecule has 140 valence electrons. The van der Waals surface area contributed by atoms with Crippen molar-refractivity contribution in [2.75, 3.05) is 38.3 Å². The molecule has 0 bridgehead atoms. The highest BCUT2D eigenvalue weighted by atomic mass is 32.2. The Hall–Kier alpha value is -1.69. The van der Waals surface area contributed by atoms with Crippen molar-refractivity contribution < 1.29 is 0 Å². The molecule has 0 radical (unpaired) electrons. The number of aromatic nitrogens is 1. The lowest BCUT2D eigenvalue weighted by Crippen LogP contribution is -2.32. The predicted molar refractivity (Wildman–Crippen MR) is 119 cm³/mol. The molecule has 0 spiro atoms. The van der Waals surface area contributed by atoms with Gasteiger partial charge in [-0.3, -0.25) is 0 Å². The summed E-state index contributed by atoms with van der Waals surface area (Å²) >= 11 is 3.64. The van der Waals surface area contributed by atoms with E-state index in [4.69, 9.17) is 4.98 Å². The van der Waals surface area contributed by atoms with Crippen LogP contribution in [0.5, 0.6) is 0 Å². The summed E-state index contributed by atoms with van der Waals surface area (Å²) in [6.07, 6.45) is 2.13. The van der Waals surface area contributed by atoms with E-state index in [2.05, 4.69) is 85.6 Å². The molecular weight excluding hydrogens is 370 g/mol. The predicted octanol–water partition coefficient (Wildman–Crippen LogP) is 5.76. The van der Waals surface area contributed by atoms with Crippen molar-refractivity contribution in [3.8, 4) is 0 Å². The molecule has 1 aliphatic rings. The maximum atomic E-state index is 5.06. The van der Waals surface area contributed by atoms with Crippen LogP contribution in [0.4, 0.5) is 11.5 Å². The van der Waals surface area contributed by atoms with Crippen molar-refractivity contribution in [1.29, 1.82) is 0 Å². The van der Waals surface area contributed by atoms with E-state index in [0.717, 1.165) is 24.4 Å². The molecule has 1 unspecified atom stereocenters. The number of hydrogen-bond donors (Lipinski definition) is 0. The van der Waals surface area contributed by atoms with Gasteiger partial charge < -0.3 is 9.80 Å². The molecule has 2 heterocycles. The minimum absolute atomic E-state index is 0.539. The van der Waals surface area contributed by atoms with Crippen LogP contribution in [0, 0.1) is 5.92 Å². The normalized spacial score (nSPS) is 14.3. The van der Waals surface area contributed by atoms with Gasteiger partial charge in [0.15, 0.2) is 0 Å². The molecule has 1 atom stereocenters. The van der Waals surface area contributed by atoms with Crippen LogP contribution in [-0.2, 0) is 0 Å². The molecule has 0 saturated heterocycles. The molecule has 0 saturated carbocycles. The highest BCUT2D eigenvalue weighted by Gasteiger charge is 2.27. The summed E-state index contributed by atoms with van der Waals surface area (Å²) in [7, 11) is 4.28. The summed E-state index contributed by atoms with van der Waals surface area (Å²) in [6, 6.07) is 17.5. The fourth-order valence-corrected chi connectivity index (χ4v) is 5.34. The lowest BCUT2D eigenvalue weighted by atomic mass is 10.1. The first-order valence-electron chi connectivity index (χ1n) is 9.23. The minimum Gasteiger partial charge on any atom is -0.324 e. The molecule has 3 nitrogen and oxygen atoms in total. The number of nitrogens with zero attached hydrogens (tertiary/aromatic N) is 3. The first-order chi connectivity index (χ1) is 13.0. The van der Waals surface area contributed by atoms with Gasteiger partial charge in [0, 0.05) is 28.3 Å². The molecule has 3 aromatic rings. The second kappa shape index (κ2) is 7.74. The quantitative estimate of drug-likeness (QED) is 0.510. The third-order valence-corrected chi connectivity index (χ3v) is 6.57. The highest BCUT2D eigenvalue weighted by molar-refractivity contribution is 8.00. The third-order valence-electron chi connectivity index (χ3n) is 4.77. The van der Waals surface area contributed by atoms with Crippen LogP contribution < -0.4 is 4.90 Å². The molecule has 4 rings (SSSR count). The fourth-order valence-electron chi connectivity index (χ4n) is 3.69. The summed E-state index contributed by atoms with van der Waals surface area (Å²) in [5.41, 5.74) is 2.34. The lowest BCUT2D eigenvalue weighted by molar-refractivity contribution is 0.342. The van der Waals surface area contributed by atoms with E-state index in [9.17, 15) is 0 Å². The van der Waals surface area contributed by atoms with E-state index in [1.165, 1.54) is 25.8 Å². The summed E-state index contributed by atoms with van der Waals surface area (Å²) < 4.78 is 0. The van der Waals surface area contributed by atoms with Gasteiger partial charge in [-0.1, -0.05) is 36.9 Å². The van der Waals surface area contributed by atoms with Gasteiger partial charge in [0.25, 0.3) is 0 Å². The van der Waals surface area contributed by atoms with Crippen LogP contribution in [0.25, 0.3) is 10.9 Å². The summed E-state index contributed by atoms with van der Waals surface area (Å²) in [4.78, 5) is 13.6. The number of para-hydroxylation sites is 1. The Morgan fingerprint density at radius 3 is 2.70 bits per heavy atom. The topological polar surface area (TPSA) is 19.4 Å². The van der Waals surface area contributed by atoms with E-state index in [1.807, 2.05) is 11.8 Å². The monoisotopic (exact) mass is 395 g/mol. The highest BCUT2D eigenvalue weighted by Crippen LogP contribution is 2.49. The van der Waals surface area contributed by atoms with E-state index in [1.54, 1.807) is 11.8 Å². The maximum Gasteiger partial charge on any atom is 0.147 e. The lowest BCUT2D eigenvalue weighted by Gasteiger charge is -2.34. The first-order valence-corrected chi connectivity index (χ1v) is 11.3. The molecular formula is C22H25N3S2. The number of hydrogen-bond acceptors (Lipinski definition) is 5. The van der Waals surface area contributed by atoms with Crippen molar-refractivity contribution >= 4 is 45.9 Å². The Morgan fingerprint density at radius 1 is 1.11 bits per heavy atom. The van der Waals surface area contributed by atoms with Crippen LogP contribution in [0.2, 0.25) is 0 Å². The van der Waals surface area contributed by atoms with Gasteiger partial charge in [0.05, 0.1) is 16.1 Å². The number of pyridine rings is 1. The van der Waals surface area contributed by atoms with Crippen LogP contribution in [-0.4, -0.2) is 43.3 Å². The number of anilines is 2. The van der Waals surface area contributed by atoms with Gasteiger partial charge in [-0.15, -0.1) is 11.8 Å². The maximum absolute atomic E-state index is 5.06. The summed E-state index contributed by atoms with van der Waals surface area (Å²) in [6.45, 7) is 4.34. The number of benzene rings is 2. The van der Waals surface area contributed by atoms with Crippen molar-refractivity contribution in [2.45, 2.75) is 21.6 Å². The standard InChI is InChI=1S/C22H25N3S2/c1-15(13-24(2)3)14-25-19-10-9-17(26-4)12-20(19)27-21-11-16-7-5-6-8-18(16)23-22(21)25/h5-12,15H,13-14H2,1-4H3. The van der Waals surface area contributed by atoms with E-state index in [-0.39, 0.29) is 0 Å². The Balaban J connectivity index is 1.81. The van der Waals surface area contributed by atoms with Crippen LogP contribution in [0.3, 0.4) is 0 Å². The van der Waals surface area contributed by atoms with Crippen molar-refractivity contribution in [3.05, 3.63) is 48.5 Å². The zero-order chi connectivity index (χ0) is 19.0. The van der Waals surface area contributed by atoms with Crippen molar-refractivity contribution in [1.82, 2.24) is 9.88 Å². The molecule has 1 aromatic heterocycles. The zero-order valence-electron chi connectivity index (χ0n) is 16.3. The smallest absolute Gasteiger partial charge is 0.147 e. The average Bonchev–Trinajstić information content (AvgIpc) is 2.65. The summed E-state index contributed by atoms with van der Waals surface area (Å²) in [5, 5.41) is 1.20. The van der Waals surface area contributed by atoms with Gasteiger partial charge >= 0.3 is 0 Å². The Labute approximate surface area is 170 Å². The van der Waals surface area contributed by atoms with Gasteiger partial charge in [0.2, 0.25) is 0 Å². The summed E-state index contributed by atoms with van der Waals surface area (Å²) in [5.74, 6) is 1.63. The largest absolute Gasteiger partial charge is 0.324 e. The second-order valence-electron chi connectivity index (χ2n) is 7.42. The van der Waals surface area contributed by atoms with Gasteiger partial charge in [0.1, 0.15) is 5.82 Å². The van der Waals surface area contributed by atoms with E-state index < -0.39 is 0 Å². The van der Waals surface area contributed by atoms with Gasteiger partial charge in [-0.25, -0.2) is 4.98 Å². The Bertz CT molecular complexity index is 971. The van der Waals surface area contributed by atoms with Gasteiger partial charge in [-0.05, 0) is 56.6 Å². The molecule has 0 N–H and O–H groups in total. The Morgan fingerprint density at radius 2 is 1.93 bits per heavy atom. The van der Waals surface area contributed by atoms with Crippen LogP contribution >= 0.6 is 23.5 Å². The number of fused-ring (bicyclic) bond motifs is 3. The zero-order valence-corrected chi connectivity index (χ0v) is 17.9. The molecule has 0 aliphatic carbocycles. The SMILES string of the molecule is CSc1ccc2c(c1)Sc1cc3ccccc3nc1N2CC(C)CN(C)C. The molecule has 27 heavy (non-hydrogen) atoms. The second-order valence-corrected chi connectivity index (χ2v) is 9.38. The fraction of sp³-hybridized carbons (Fsp3) is 0.318. The molecule has 2 aromatic carbocycles. The van der Waals surface area contributed by atoms with Crippen LogP contribution in [0.15, 0.2) is 63.2 Å². The molecule has 0 fully saturated rings. The molecule has 1 aliphatic heterocycles. The van der Waals surface area contributed by atoms with Crippen LogP contribution in [0.1, 0.15) is 6.92 Å². The van der Waals surface area contributed by atoms with Gasteiger partial charge in [-0.2, -0.15) is 0 Å². The van der Waals surface area contributed by atoms with Crippen molar-refractivity contribution in [2.24, 2.45) is 5.92 Å². The molecule has 0 amide bonds. The number of rotatable bonds is 5. The first kappa shape index (κ1) is 18.7. The molecule has 5 heteroatoms.